The number of amidine groups is 1. The van der Waals surface area contributed by atoms with Gasteiger partial charge in [-0.15, -0.1) is 0 Å². The second kappa shape index (κ2) is 5.75. The highest BCUT2D eigenvalue weighted by Gasteiger charge is 2.06. The van der Waals surface area contributed by atoms with Gasteiger partial charge in [0.25, 0.3) is 0 Å². The molecular formula is C14H13BrN2O2. The van der Waals surface area contributed by atoms with Crippen molar-refractivity contribution in [2.45, 2.75) is 6.92 Å². The molecule has 0 radical (unpaired) electrons. The maximum Gasteiger partial charge on any atom is 0.170 e. The fourth-order valence-electron chi connectivity index (χ4n) is 1.61. The van der Waals surface area contributed by atoms with Crippen molar-refractivity contribution in [3.05, 3.63) is 58.1 Å². The second-order valence-corrected chi connectivity index (χ2v) is 4.90. The summed E-state index contributed by atoms with van der Waals surface area (Å²) in [6.07, 6.45) is 0. The number of halogens is 1. The van der Waals surface area contributed by atoms with Crippen molar-refractivity contribution in [1.29, 1.82) is 0 Å². The van der Waals surface area contributed by atoms with Gasteiger partial charge in [0, 0.05) is 5.56 Å². The fraction of sp³-hybridized carbons (Fsp3) is 0.0714. The summed E-state index contributed by atoms with van der Waals surface area (Å²) >= 11 is 3.40. The van der Waals surface area contributed by atoms with Gasteiger partial charge < -0.3 is 15.7 Å². The molecule has 0 amide bonds. The van der Waals surface area contributed by atoms with Crippen LogP contribution in [0.3, 0.4) is 0 Å². The van der Waals surface area contributed by atoms with Gasteiger partial charge in [-0.25, -0.2) is 0 Å². The van der Waals surface area contributed by atoms with Gasteiger partial charge >= 0.3 is 0 Å². The third kappa shape index (κ3) is 3.26. The van der Waals surface area contributed by atoms with Crippen molar-refractivity contribution in [3.8, 4) is 11.5 Å². The van der Waals surface area contributed by atoms with Crippen molar-refractivity contribution in [1.82, 2.24) is 0 Å². The number of aryl methyl sites for hydroxylation is 1. The number of nitrogens with two attached hydrogens (primary N) is 1. The topological polar surface area (TPSA) is 67.8 Å². The van der Waals surface area contributed by atoms with Gasteiger partial charge in [0.05, 0.1) is 4.47 Å². The molecule has 0 saturated heterocycles. The predicted octanol–water partition coefficient (Wildman–Crippen LogP) is 3.64. The molecule has 98 valence electrons. The Morgan fingerprint density at radius 3 is 2.68 bits per heavy atom. The molecule has 0 bridgehead atoms. The van der Waals surface area contributed by atoms with Crippen LogP contribution in [0.2, 0.25) is 0 Å². The molecule has 0 atom stereocenters. The largest absolute Gasteiger partial charge is 0.456 e. The van der Waals surface area contributed by atoms with Gasteiger partial charge in [0.2, 0.25) is 0 Å². The Morgan fingerprint density at radius 2 is 2.05 bits per heavy atom. The summed E-state index contributed by atoms with van der Waals surface area (Å²) < 4.78 is 6.50. The Labute approximate surface area is 119 Å². The first-order valence-electron chi connectivity index (χ1n) is 5.62. The molecule has 0 unspecified atom stereocenters. The van der Waals surface area contributed by atoms with E-state index in [4.69, 9.17) is 15.7 Å². The number of nitrogens with zero attached hydrogens (tertiary/aromatic N) is 1. The molecule has 2 rings (SSSR count). The highest BCUT2D eigenvalue weighted by molar-refractivity contribution is 9.10. The summed E-state index contributed by atoms with van der Waals surface area (Å²) in [5, 5.41) is 11.6. The summed E-state index contributed by atoms with van der Waals surface area (Å²) in [5.41, 5.74) is 7.27. The molecule has 5 heteroatoms. The van der Waals surface area contributed by atoms with E-state index >= 15 is 0 Å². The van der Waals surface area contributed by atoms with Gasteiger partial charge in [-0.2, -0.15) is 0 Å². The lowest BCUT2D eigenvalue weighted by Crippen LogP contribution is -2.12. The van der Waals surface area contributed by atoms with E-state index in [0.717, 1.165) is 15.8 Å². The van der Waals surface area contributed by atoms with E-state index in [0.29, 0.717) is 11.3 Å². The van der Waals surface area contributed by atoms with E-state index < -0.39 is 0 Å². The Hall–Kier alpha value is -2.01. The highest BCUT2D eigenvalue weighted by atomic mass is 79.9. The molecule has 0 saturated carbocycles. The summed E-state index contributed by atoms with van der Waals surface area (Å²) in [6, 6.07) is 13.0. The molecule has 2 aromatic carbocycles. The molecular weight excluding hydrogens is 308 g/mol. The van der Waals surface area contributed by atoms with E-state index in [2.05, 4.69) is 21.1 Å². The molecule has 0 aliphatic rings. The minimum atomic E-state index is 0.0582. The summed E-state index contributed by atoms with van der Waals surface area (Å²) in [6.45, 7) is 2.00. The van der Waals surface area contributed by atoms with E-state index in [1.165, 1.54) is 0 Å². The molecule has 0 aliphatic heterocycles. The number of ether oxygens (including phenoxy) is 1. The zero-order valence-corrected chi connectivity index (χ0v) is 11.9. The van der Waals surface area contributed by atoms with Crippen molar-refractivity contribution < 1.29 is 9.94 Å². The zero-order chi connectivity index (χ0) is 13.8. The Kier molecular flexibility index (Phi) is 4.06. The zero-order valence-electron chi connectivity index (χ0n) is 10.3. The fourth-order valence-corrected chi connectivity index (χ4v) is 2.07. The molecule has 3 N–H and O–H groups in total. The summed E-state index contributed by atoms with van der Waals surface area (Å²) in [4.78, 5) is 0. The standard InChI is InChI=1S/C14H13BrN2O2/c1-9-3-2-4-11(7-9)19-13-6-5-10(8-12(13)15)14(16)17-18/h2-8,18H,1H3,(H2,16,17). The van der Waals surface area contributed by atoms with Crippen LogP contribution in [-0.4, -0.2) is 11.0 Å². The lowest BCUT2D eigenvalue weighted by molar-refractivity contribution is 0.318. The van der Waals surface area contributed by atoms with E-state index in [1.54, 1.807) is 18.2 Å². The van der Waals surface area contributed by atoms with Crippen LogP contribution >= 0.6 is 15.9 Å². The lowest BCUT2D eigenvalue weighted by atomic mass is 10.2. The van der Waals surface area contributed by atoms with Crippen LogP contribution in [0.15, 0.2) is 52.1 Å². The average Bonchev–Trinajstić information content (AvgIpc) is 2.40. The van der Waals surface area contributed by atoms with Gasteiger partial charge in [-0.3, -0.25) is 0 Å². The molecule has 0 aliphatic carbocycles. The minimum Gasteiger partial charge on any atom is -0.456 e. The van der Waals surface area contributed by atoms with Crippen LogP contribution in [0.1, 0.15) is 11.1 Å². The maximum atomic E-state index is 8.63. The van der Waals surface area contributed by atoms with Gasteiger partial charge in [0.15, 0.2) is 5.84 Å². The molecule has 4 nitrogen and oxygen atoms in total. The van der Waals surface area contributed by atoms with Gasteiger partial charge in [-0.05, 0) is 58.7 Å². The molecule has 0 aromatic heterocycles. The van der Waals surface area contributed by atoms with Crippen molar-refractivity contribution in [2.75, 3.05) is 0 Å². The highest BCUT2D eigenvalue weighted by Crippen LogP contribution is 2.30. The molecule has 0 fully saturated rings. The molecule has 0 spiro atoms. The Morgan fingerprint density at radius 1 is 1.26 bits per heavy atom. The first kappa shape index (κ1) is 13.4. The normalized spacial score (nSPS) is 11.4. The predicted molar refractivity (Wildman–Crippen MR) is 77.9 cm³/mol. The average molecular weight is 321 g/mol. The lowest BCUT2D eigenvalue weighted by Gasteiger charge is -2.09. The molecule has 19 heavy (non-hydrogen) atoms. The second-order valence-electron chi connectivity index (χ2n) is 4.05. The van der Waals surface area contributed by atoms with Crippen molar-refractivity contribution in [3.63, 3.8) is 0 Å². The Bertz CT molecular complexity index is 627. The minimum absolute atomic E-state index is 0.0582. The maximum absolute atomic E-state index is 8.63. The number of hydrogen-bond acceptors (Lipinski definition) is 3. The van der Waals surface area contributed by atoms with Crippen molar-refractivity contribution >= 4 is 21.8 Å². The number of oxime groups is 1. The quantitative estimate of drug-likeness (QED) is 0.392. The molecule has 0 heterocycles. The number of hydrogen-bond donors (Lipinski definition) is 2. The van der Waals surface area contributed by atoms with Crippen LogP contribution in [0.25, 0.3) is 0 Å². The van der Waals surface area contributed by atoms with Gasteiger partial charge in [0.1, 0.15) is 11.5 Å². The van der Waals surface area contributed by atoms with Gasteiger partial charge in [-0.1, -0.05) is 17.3 Å². The summed E-state index contributed by atoms with van der Waals surface area (Å²) in [5.74, 6) is 1.49. The van der Waals surface area contributed by atoms with Crippen LogP contribution in [0, 0.1) is 6.92 Å². The molecule has 2 aromatic rings. The van der Waals surface area contributed by atoms with E-state index in [1.807, 2.05) is 31.2 Å². The van der Waals surface area contributed by atoms with Crippen molar-refractivity contribution in [2.24, 2.45) is 10.9 Å². The first-order chi connectivity index (χ1) is 9.10. The smallest absolute Gasteiger partial charge is 0.170 e. The third-order valence-electron chi connectivity index (χ3n) is 2.55. The monoisotopic (exact) mass is 320 g/mol. The Balaban J connectivity index is 2.27. The number of benzene rings is 2. The van der Waals surface area contributed by atoms with E-state index in [9.17, 15) is 0 Å². The van der Waals surface area contributed by atoms with Crippen LogP contribution in [0.5, 0.6) is 11.5 Å². The SMILES string of the molecule is Cc1cccc(Oc2ccc(/C(N)=N/O)cc2Br)c1. The first-order valence-corrected chi connectivity index (χ1v) is 6.41. The third-order valence-corrected chi connectivity index (χ3v) is 3.17. The number of rotatable bonds is 3. The van der Waals surface area contributed by atoms with Crippen LogP contribution in [-0.2, 0) is 0 Å². The van der Waals surface area contributed by atoms with Crippen LogP contribution in [0.4, 0.5) is 0 Å². The van der Waals surface area contributed by atoms with Crippen LogP contribution < -0.4 is 10.5 Å². The van der Waals surface area contributed by atoms with E-state index in [-0.39, 0.29) is 5.84 Å². The summed E-state index contributed by atoms with van der Waals surface area (Å²) in [7, 11) is 0.